The molecule has 0 saturated heterocycles. The topological polar surface area (TPSA) is 39.2 Å². The molecule has 0 saturated carbocycles. The van der Waals surface area contributed by atoms with Gasteiger partial charge in [-0.1, -0.05) is 30.3 Å². The van der Waals surface area contributed by atoms with E-state index in [2.05, 4.69) is 35.3 Å². The maximum Gasteiger partial charge on any atom is 0.133 e. The van der Waals surface area contributed by atoms with Gasteiger partial charge in [0.2, 0.25) is 0 Å². The van der Waals surface area contributed by atoms with Gasteiger partial charge in [0.05, 0.1) is 7.11 Å². The van der Waals surface area contributed by atoms with E-state index < -0.39 is 0 Å². The number of ketones is 1. The highest BCUT2D eigenvalue weighted by Crippen LogP contribution is 2.22. The molecular weight excluding hydrogens is 322 g/mol. The number of methoxy groups -OCH3 is 1. The van der Waals surface area contributed by atoms with Crippen molar-refractivity contribution in [2.24, 2.45) is 0 Å². The van der Waals surface area contributed by atoms with Crippen LogP contribution in [-0.2, 0) is 17.6 Å². The third kappa shape index (κ3) is 5.16. The lowest BCUT2D eigenvalue weighted by Gasteiger charge is -2.06. The molecule has 3 heteroatoms. The average molecular weight is 347 g/mol. The van der Waals surface area contributed by atoms with Gasteiger partial charge >= 0.3 is 0 Å². The molecule has 26 heavy (non-hydrogen) atoms. The SMILES string of the molecule is COc1ccc2cc(CCCCC(=O)CCc3cccnc3)ccc2c1. The minimum absolute atomic E-state index is 0.347. The lowest BCUT2D eigenvalue weighted by molar-refractivity contribution is -0.119. The summed E-state index contributed by atoms with van der Waals surface area (Å²) in [6.45, 7) is 0. The Morgan fingerprint density at radius 2 is 1.77 bits per heavy atom. The first kappa shape index (κ1) is 18.1. The lowest BCUT2D eigenvalue weighted by Crippen LogP contribution is -2.00. The molecule has 2 aromatic carbocycles. The van der Waals surface area contributed by atoms with Gasteiger partial charge in [-0.05, 0) is 65.8 Å². The van der Waals surface area contributed by atoms with Crippen molar-refractivity contribution in [3.63, 3.8) is 0 Å². The van der Waals surface area contributed by atoms with Crippen LogP contribution in [0.1, 0.15) is 36.8 Å². The second-order valence-electron chi connectivity index (χ2n) is 6.65. The number of hydrogen-bond acceptors (Lipinski definition) is 3. The van der Waals surface area contributed by atoms with E-state index in [1.54, 1.807) is 13.3 Å². The molecular formula is C23H25NO2. The number of hydrogen-bond donors (Lipinski definition) is 0. The van der Waals surface area contributed by atoms with Crippen LogP contribution in [0.25, 0.3) is 10.8 Å². The highest BCUT2D eigenvalue weighted by Gasteiger charge is 2.04. The first-order valence-corrected chi connectivity index (χ1v) is 9.22. The van der Waals surface area contributed by atoms with Crippen LogP contribution in [0.4, 0.5) is 0 Å². The van der Waals surface area contributed by atoms with Crippen molar-refractivity contribution in [3.05, 3.63) is 72.1 Å². The number of benzene rings is 2. The summed E-state index contributed by atoms with van der Waals surface area (Å²) < 4.78 is 5.27. The predicted octanol–water partition coefficient (Wildman–Crippen LogP) is 5.16. The van der Waals surface area contributed by atoms with E-state index in [4.69, 9.17) is 4.74 Å². The predicted molar refractivity (Wildman–Crippen MR) is 106 cm³/mol. The van der Waals surface area contributed by atoms with Gasteiger partial charge in [0.25, 0.3) is 0 Å². The summed E-state index contributed by atoms with van der Waals surface area (Å²) in [6.07, 6.45) is 8.68. The quantitative estimate of drug-likeness (QED) is 0.502. The molecule has 0 aliphatic heterocycles. The van der Waals surface area contributed by atoms with Gasteiger partial charge in [-0.25, -0.2) is 0 Å². The minimum atomic E-state index is 0.347. The lowest BCUT2D eigenvalue weighted by atomic mass is 10.0. The summed E-state index contributed by atoms with van der Waals surface area (Å²) in [4.78, 5) is 16.1. The van der Waals surface area contributed by atoms with E-state index >= 15 is 0 Å². The number of ether oxygens (including phenoxy) is 1. The summed E-state index contributed by atoms with van der Waals surface area (Å²) in [7, 11) is 1.69. The number of unbranched alkanes of at least 4 members (excludes halogenated alkanes) is 1. The third-order valence-electron chi connectivity index (χ3n) is 4.70. The smallest absolute Gasteiger partial charge is 0.133 e. The van der Waals surface area contributed by atoms with Crippen LogP contribution in [-0.4, -0.2) is 17.9 Å². The number of carbonyl (C=O) groups excluding carboxylic acids is 1. The Kier molecular flexibility index (Phi) is 6.37. The molecule has 0 spiro atoms. The fourth-order valence-electron chi connectivity index (χ4n) is 3.16. The molecule has 0 atom stereocenters. The first-order chi connectivity index (χ1) is 12.7. The zero-order valence-corrected chi connectivity index (χ0v) is 15.3. The fraction of sp³-hybridized carbons (Fsp3) is 0.304. The van der Waals surface area contributed by atoms with Gasteiger partial charge in [-0.3, -0.25) is 9.78 Å². The number of aromatic nitrogens is 1. The minimum Gasteiger partial charge on any atom is -0.497 e. The summed E-state index contributed by atoms with van der Waals surface area (Å²) >= 11 is 0. The molecule has 3 aromatic rings. The zero-order valence-electron chi connectivity index (χ0n) is 15.3. The molecule has 134 valence electrons. The standard InChI is InChI=1S/C23H25NO2/c1-26-23-13-11-20-15-18(8-10-21(20)16-23)5-2-3-7-22(25)12-9-19-6-4-14-24-17-19/h4,6,8,10-11,13-17H,2-3,5,7,9,12H2,1H3. The molecule has 1 aromatic heterocycles. The molecule has 1 heterocycles. The molecule has 0 bridgehead atoms. The van der Waals surface area contributed by atoms with Gasteiger partial charge in [0.1, 0.15) is 11.5 Å². The summed E-state index contributed by atoms with van der Waals surface area (Å²) in [6, 6.07) is 16.6. The second-order valence-corrected chi connectivity index (χ2v) is 6.65. The number of carbonyl (C=O) groups is 1. The van der Waals surface area contributed by atoms with Gasteiger partial charge in [-0.15, -0.1) is 0 Å². The Morgan fingerprint density at radius 1 is 0.923 bits per heavy atom. The Balaban J connectivity index is 1.41. The molecule has 0 radical (unpaired) electrons. The van der Waals surface area contributed by atoms with E-state index in [1.165, 1.54) is 16.3 Å². The molecule has 0 N–H and O–H groups in total. The number of aryl methyl sites for hydroxylation is 2. The number of rotatable bonds is 9. The number of pyridine rings is 1. The zero-order chi connectivity index (χ0) is 18.2. The molecule has 0 aliphatic rings. The van der Waals surface area contributed by atoms with E-state index in [1.807, 2.05) is 24.4 Å². The Hall–Kier alpha value is -2.68. The van der Waals surface area contributed by atoms with Crippen molar-refractivity contribution < 1.29 is 9.53 Å². The summed E-state index contributed by atoms with van der Waals surface area (Å²) in [5.41, 5.74) is 2.46. The Morgan fingerprint density at radius 3 is 2.58 bits per heavy atom. The van der Waals surface area contributed by atoms with Gasteiger partial charge in [-0.2, -0.15) is 0 Å². The van der Waals surface area contributed by atoms with Crippen LogP contribution in [0.3, 0.4) is 0 Å². The third-order valence-corrected chi connectivity index (χ3v) is 4.70. The van der Waals surface area contributed by atoms with Gasteiger partial charge in [0.15, 0.2) is 0 Å². The van der Waals surface area contributed by atoms with Crippen LogP contribution < -0.4 is 4.74 Å². The maximum atomic E-state index is 12.0. The number of nitrogens with zero attached hydrogens (tertiary/aromatic N) is 1. The van der Waals surface area contributed by atoms with Crippen molar-refractivity contribution in [3.8, 4) is 5.75 Å². The van der Waals surface area contributed by atoms with Crippen molar-refractivity contribution in [2.75, 3.05) is 7.11 Å². The highest BCUT2D eigenvalue weighted by molar-refractivity contribution is 5.84. The molecule has 0 unspecified atom stereocenters. The Bertz CT molecular complexity index is 858. The molecule has 3 nitrogen and oxygen atoms in total. The second kappa shape index (κ2) is 9.14. The van der Waals surface area contributed by atoms with Gasteiger partial charge < -0.3 is 4.74 Å². The van der Waals surface area contributed by atoms with Crippen LogP contribution in [0.2, 0.25) is 0 Å². The van der Waals surface area contributed by atoms with Crippen molar-refractivity contribution in [1.82, 2.24) is 4.98 Å². The van der Waals surface area contributed by atoms with E-state index in [-0.39, 0.29) is 0 Å². The van der Waals surface area contributed by atoms with E-state index in [0.717, 1.165) is 37.0 Å². The van der Waals surface area contributed by atoms with Crippen LogP contribution >= 0.6 is 0 Å². The normalized spacial score (nSPS) is 10.8. The molecule has 0 aliphatic carbocycles. The first-order valence-electron chi connectivity index (χ1n) is 9.22. The highest BCUT2D eigenvalue weighted by atomic mass is 16.5. The van der Waals surface area contributed by atoms with Crippen molar-refractivity contribution in [1.29, 1.82) is 0 Å². The molecule has 0 fully saturated rings. The summed E-state index contributed by atoms with van der Waals surface area (Å²) in [5.74, 6) is 1.23. The molecule has 0 amide bonds. The monoisotopic (exact) mass is 347 g/mol. The van der Waals surface area contributed by atoms with Crippen molar-refractivity contribution >= 4 is 16.6 Å². The fourth-order valence-corrected chi connectivity index (χ4v) is 3.16. The Labute approximate surface area is 155 Å². The van der Waals surface area contributed by atoms with Crippen molar-refractivity contribution in [2.45, 2.75) is 38.5 Å². The molecule has 3 rings (SSSR count). The van der Waals surface area contributed by atoms with Crippen LogP contribution in [0, 0.1) is 0 Å². The van der Waals surface area contributed by atoms with E-state index in [0.29, 0.717) is 18.6 Å². The van der Waals surface area contributed by atoms with E-state index in [9.17, 15) is 4.79 Å². The largest absolute Gasteiger partial charge is 0.497 e. The number of fused-ring (bicyclic) bond motifs is 1. The maximum absolute atomic E-state index is 12.0. The average Bonchev–Trinajstić information content (AvgIpc) is 2.70. The van der Waals surface area contributed by atoms with Crippen LogP contribution in [0.5, 0.6) is 5.75 Å². The van der Waals surface area contributed by atoms with Crippen LogP contribution in [0.15, 0.2) is 60.9 Å². The summed E-state index contributed by atoms with van der Waals surface area (Å²) in [5, 5.41) is 2.43. The van der Waals surface area contributed by atoms with Gasteiger partial charge in [0, 0.05) is 25.2 Å². The number of Topliss-reactive ketones (excluding diaryl/α,β-unsaturated/α-hetero) is 1.